The van der Waals surface area contributed by atoms with Crippen LogP contribution in [0.1, 0.15) is 20.3 Å². The van der Waals surface area contributed by atoms with Crippen molar-refractivity contribution < 1.29 is 25.2 Å². The average molecular weight is 192 g/mol. The fraction of sp³-hybridized carbons (Fsp3) is 0.875. The van der Waals surface area contributed by atoms with Crippen molar-refractivity contribution in [2.24, 2.45) is 0 Å². The number of hydrogen-bond donors (Lipinski definition) is 4. The summed E-state index contributed by atoms with van der Waals surface area (Å²) in [6.45, 7) is 2.56. The lowest BCUT2D eigenvalue weighted by Crippen LogP contribution is -2.52. The molecule has 78 valence electrons. The Bertz CT molecular complexity index is 158. The third-order valence-corrected chi connectivity index (χ3v) is 2.14. The summed E-state index contributed by atoms with van der Waals surface area (Å²) < 4.78 is 0. The Hall–Kier alpha value is -0.490. The van der Waals surface area contributed by atoms with Crippen LogP contribution in [0.4, 0.5) is 0 Å². The molecule has 0 spiro atoms. The number of hydrogen-bond acceptors (Lipinski definition) is 5. The number of aliphatic hydroxyl groups is 4. The summed E-state index contributed by atoms with van der Waals surface area (Å²) in [6, 6.07) is 0. The van der Waals surface area contributed by atoms with E-state index in [9.17, 15) is 9.90 Å². The van der Waals surface area contributed by atoms with Gasteiger partial charge in [-0.15, -0.1) is 0 Å². The van der Waals surface area contributed by atoms with Crippen LogP contribution in [0.2, 0.25) is 0 Å². The van der Waals surface area contributed by atoms with Crippen LogP contribution in [0.15, 0.2) is 0 Å². The summed E-state index contributed by atoms with van der Waals surface area (Å²) in [7, 11) is 0. The van der Waals surface area contributed by atoms with E-state index in [4.69, 9.17) is 15.3 Å². The second kappa shape index (κ2) is 4.66. The number of aliphatic hydroxyl groups excluding tert-OH is 3. The van der Waals surface area contributed by atoms with Crippen LogP contribution in [0, 0.1) is 0 Å². The van der Waals surface area contributed by atoms with Crippen molar-refractivity contribution in [3.63, 3.8) is 0 Å². The molecule has 0 bridgehead atoms. The van der Waals surface area contributed by atoms with Gasteiger partial charge in [0.2, 0.25) is 0 Å². The zero-order valence-electron chi connectivity index (χ0n) is 7.71. The normalized spacial score (nSPS) is 22.9. The second-order valence-corrected chi connectivity index (χ2v) is 3.25. The molecular weight excluding hydrogens is 176 g/mol. The molecule has 0 amide bonds. The van der Waals surface area contributed by atoms with Crippen LogP contribution in [-0.2, 0) is 4.79 Å². The molecule has 13 heavy (non-hydrogen) atoms. The van der Waals surface area contributed by atoms with Crippen molar-refractivity contribution in [2.45, 2.75) is 44.2 Å². The average Bonchev–Trinajstić information content (AvgIpc) is 2.03. The highest BCUT2D eigenvalue weighted by atomic mass is 16.4. The lowest BCUT2D eigenvalue weighted by molar-refractivity contribution is -0.154. The summed E-state index contributed by atoms with van der Waals surface area (Å²) in [6.07, 6.45) is -3.96. The maximum absolute atomic E-state index is 10.1. The molecule has 0 rings (SSSR count). The fourth-order valence-corrected chi connectivity index (χ4v) is 1.07. The van der Waals surface area contributed by atoms with Crippen molar-refractivity contribution in [1.29, 1.82) is 0 Å². The first-order valence-electron chi connectivity index (χ1n) is 4.06. The lowest BCUT2D eigenvalue weighted by Gasteiger charge is -2.34. The minimum Gasteiger partial charge on any atom is -0.390 e. The summed E-state index contributed by atoms with van der Waals surface area (Å²) in [4.78, 5) is 10.1. The van der Waals surface area contributed by atoms with Gasteiger partial charge in [-0.25, -0.2) is 0 Å². The van der Waals surface area contributed by atoms with E-state index < -0.39 is 23.9 Å². The number of carbonyl (C=O) groups is 1. The van der Waals surface area contributed by atoms with Crippen LogP contribution in [-0.4, -0.2) is 50.6 Å². The maximum atomic E-state index is 10.1. The van der Waals surface area contributed by atoms with Gasteiger partial charge in [0.15, 0.2) is 0 Å². The Labute approximate surface area is 76.6 Å². The molecule has 1 unspecified atom stereocenters. The van der Waals surface area contributed by atoms with E-state index in [0.29, 0.717) is 0 Å². The van der Waals surface area contributed by atoms with E-state index in [2.05, 4.69) is 0 Å². The van der Waals surface area contributed by atoms with Crippen molar-refractivity contribution in [1.82, 2.24) is 0 Å². The Morgan fingerprint density at radius 2 is 1.62 bits per heavy atom. The minimum absolute atomic E-state index is 0.246. The maximum Gasteiger partial charge on any atom is 0.148 e. The molecule has 0 saturated carbocycles. The van der Waals surface area contributed by atoms with Gasteiger partial charge in [0.25, 0.3) is 0 Å². The molecule has 0 saturated heterocycles. The summed E-state index contributed by atoms with van der Waals surface area (Å²) in [5.41, 5.74) is -1.85. The third kappa shape index (κ3) is 3.04. The molecule has 0 aliphatic heterocycles. The van der Waals surface area contributed by atoms with Crippen LogP contribution < -0.4 is 0 Å². The van der Waals surface area contributed by atoms with Gasteiger partial charge in [-0.3, -0.25) is 0 Å². The molecule has 0 radical (unpaired) electrons. The largest absolute Gasteiger partial charge is 0.390 e. The van der Waals surface area contributed by atoms with Gasteiger partial charge in [0.1, 0.15) is 18.0 Å². The molecule has 0 fully saturated rings. The van der Waals surface area contributed by atoms with E-state index >= 15 is 0 Å². The molecule has 5 nitrogen and oxygen atoms in total. The van der Waals surface area contributed by atoms with Gasteiger partial charge in [0.05, 0.1) is 12.2 Å². The molecular formula is C8H16O5. The highest BCUT2D eigenvalue weighted by molar-refractivity contribution is 5.55. The Balaban J connectivity index is 4.51. The van der Waals surface area contributed by atoms with Gasteiger partial charge in [-0.1, -0.05) is 0 Å². The van der Waals surface area contributed by atoms with Crippen LogP contribution >= 0.6 is 0 Å². The molecule has 0 aliphatic rings. The minimum atomic E-state index is -1.85. The van der Waals surface area contributed by atoms with Crippen LogP contribution in [0.5, 0.6) is 0 Å². The monoisotopic (exact) mass is 192 g/mol. The Morgan fingerprint density at radius 1 is 1.23 bits per heavy atom. The Morgan fingerprint density at radius 3 is 1.85 bits per heavy atom. The first-order chi connectivity index (χ1) is 5.84. The van der Waals surface area contributed by atoms with E-state index in [1.807, 2.05) is 0 Å². The zero-order valence-corrected chi connectivity index (χ0v) is 7.71. The van der Waals surface area contributed by atoms with Crippen LogP contribution in [0.3, 0.4) is 0 Å². The van der Waals surface area contributed by atoms with E-state index in [-0.39, 0.29) is 12.7 Å². The van der Waals surface area contributed by atoms with Gasteiger partial charge in [-0.05, 0) is 13.8 Å². The highest BCUT2D eigenvalue weighted by Crippen LogP contribution is 2.21. The summed E-state index contributed by atoms with van der Waals surface area (Å²) in [5.74, 6) is 0. The predicted octanol–water partition coefficient (Wildman–Crippen LogP) is -1.57. The van der Waals surface area contributed by atoms with Crippen LogP contribution in [0.25, 0.3) is 0 Å². The summed E-state index contributed by atoms with van der Waals surface area (Å²) in [5, 5.41) is 36.9. The predicted molar refractivity (Wildman–Crippen MR) is 45.0 cm³/mol. The summed E-state index contributed by atoms with van der Waals surface area (Å²) >= 11 is 0. The molecule has 0 aliphatic carbocycles. The molecule has 4 atom stereocenters. The molecule has 0 aromatic carbocycles. The molecule has 0 heterocycles. The van der Waals surface area contributed by atoms with Crippen molar-refractivity contribution in [2.75, 3.05) is 0 Å². The van der Waals surface area contributed by atoms with Gasteiger partial charge in [-0.2, -0.15) is 0 Å². The van der Waals surface area contributed by atoms with E-state index in [1.54, 1.807) is 0 Å². The van der Waals surface area contributed by atoms with Crippen molar-refractivity contribution >= 4 is 6.29 Å². The Kier molecular flexibility index (Phi) is 4.49. The molecule has 5 heteroatoms. The molecule has 0 aromatic rings. The number of aldehydes is 1. The van der Waals surface area contributed by atoms with Gasteiger partial charge < -0.3 is 25.2 Å². The lowest BCUT2D eigenvalue weighted by atomic mass is 9.86. The van der Waals surface area contributed by atoms with E-state index in [0.717, 1.165) is 0 Å². The zero-order chi connectivity index (χ0) is 10.6. The SMILES string of the molecule is C[C@H](O)C(O)(C[C@@H](O)C=O)[C@@H](C)O. The molecule has 4 N–H and O–H groups in total. The quantitative estimate of drug-likeness (QED) is 0.394. The third-order valence-electron chi connectivity index (χ3n) is 2.14. The van der Waals surface area contributed by atoms with Crippen molar-refractivity contribution in [3.8, 4) is 0 Å². The highest BCUT2D eigenvalue weighted by Gasteiger charge is 2.39. The van der Waals surface area contributed by atoms with Gasteiger partial charge >= 0.3 is 0 Å². The smallest absolute Gasteiger partial charge is 0.148 e. The number of carbonyl (C=O) groups excluding carboxylic acids is 1. The fourth-order valence-electron chi connectivity index (χ4n) is 1.07. The van der Waals surface area contributed by atoms with Gasteiger partial charge in [0, 0.05) is 6.42 Å². The van der Waals surface area contributed by atoms with E-state index in [1.165, 1.54) is 13.8 Å². The molecule has 0 aromatic heterocycles. The topological polar surface area (TPSA) is 98.0 Å². The first-order valence-corrected chi connectivity index (χ1v) is 4.06. The second-order valence-electron chi connectivity index (χ2n) is 3.25. The van der Waals surface area contributed by atoms with Crippen molar-refractivity contribution in [3.05, 3.63) is 0 Å². The standard InChI is InChI=1S/C8H16O5/c1-5(10)8(13,6(2)11)3-7(12)4-9/h4-7,10-13H,3H2,1-2H3/t5-,6+,7-,8?/m1/s1. The number of rotatable bonds is 5. The first kappa shape index (κ1) is 12.5.